The van der Waals surface area contributed by atoms with Gasteiger partial charge in [-0.05, 0) is 34.8 Å². The van der Waals surface area contributed by atoms with Crippen LogP contribution in [-0.4, -0.2) is 22.2 Å². The van der Waals surface area contributed by atoms with Gasteiger partial charge in [0.25, 0.3) is 0 Å². The maximum atomic E-state index is 9.13. The minimum absolute atomic E-state index is 0.144. The van der Waals surface area contributed by atoms with Gasteiger partial charge in [-0.3, -0.25) is 0 Å². The van der Waals surface area contributed by atoms with E-state index in [1.165, 1.54) is 0 Å². The van der Waals surface area contributed by atoms with Gasteiger partial charge in [-0.2, -0.15) is 0 Å². The normalized spacial score (nSPS) is 17.9. The fraction of sp³-hybridized carbons (Fsp3) is 0.444. The number of anilines is 2. The topological polar surface area (TPSA) is 71.2 Å². The number of aromatic nitrogens is 1. The molecule has 0 aromatic carbocycles. The maximum absolute atomic E-state index is 9.13. The molecule has 14 heavy (non-hydrogen) atoms. The highest BCUT2D eigenvalue weighted by molar-refractivity contribution is 9.10. The Labute approximate surface area is 90.7 Å². The second-order valence-corrected chi connectivity index (χ2v) is 4.52. The molecule has 0 amide bonds. The third kappa shape index (κ3) is 1.83. The zero-order valence-corrected chi connectivity index (χ0v) is 9.21. The summed E-state index contributed by atoms with van der Waals surface area (Å²) in [5.74, 6) is 0.741. The van der Waals surface area contributed by atoms with Crippen molar-refractivity contribution in [3.05, 3.63) is 16.7 Å². The molecule has 0 spiro atoms. The molecule has 0 saturated heterocycles. The number of hydrogen-bond acceptors (Lipinski definition) is 4. The van der Waals surface area contributed by atoms with Crippen LogP contribution in [-0.2, 0) is 0 Å². The van der Waals surface area contributed by atoms with Gasteiger partial charge < -0.3 is 16.2 Å². The number of hydrogen-bond donors (Lipinski definition) is 3. The lowest BCUT2D eigenvalue weighted by Crippen LogP contribution is -2.26. The molecule has 0 radical (unpaired) electrons. The first-order chi connectivity index (χ1) is 6.65. The molecule has 1 heterocycles. The van der Waals surface area contributed by atoms with Gasteiger partial charge >= 0.3 is 0 Å². The molecular formula is C9H12BrN3O. The van der Waals surface area contributed by atoms with Crippen molar-refractivity contribution in [3.8, 4) is 0 Å². The number of halogens is 1. The first-order valence-electron chi connectivity index (χ1n) is 4.45. The predicted octanol–water partition coefficient (Wildman–Crippen LogP) is 1.36. The van der Waals surface area contributed by atoms with Gasteiger partial charge in [-0.15, -0.1) is 0 Å². The van der Waals surface area contributed by atoms with Crippen LogP contribution in [0.2, 0.25) is 0 Å². The number of pyridine rings is 1. The molecule has 4 N–H and O–H groups in total. The fourth-order valence-corrected chi connectivity index (χ4v) is 1.74. The van der Waals surface area contributed by atoms with E-state index in [4.69, 9.17) is 10.8 Å². The van der Waals surface area contributed by atoms with Gasteiger partial charge in [0, 0.05) is 0 Å². The van der Waals surface area contributed by atoms with Crippen LogP contribution in [0.25, 0.3) is 0 Å². The summed E-state index contributed by atoms with van der Waals surface area (Å²) in [7, 11) is 0. The SMILES string of the molecule is Nc1cnc(NC2(CO)CC2)c(Br)c1. The minimum Gasteiger partial charge on any atom is -0.397 e. The highest BCUT2D eigenvalue weighted by atomic mass is 79.9. The second-order valence-electron chi connectivity index (χ2n) is 3.66. The summed E-state index contributed by atoms with van der Waals surface area (Å²) in [5, 5.41) is 12.3. The summed E-state index contributed by atoms with van der Waals surface area (Å²) in [6, 6.07) is 1.79. The highest BCUT2D eigenvalue weighted by Crippen LogP contribution is 2.39. The summed E-state index contributed by atoms with van der Waals surface area (Å²) in [4.78, 5) is 4.16. The average Bonchev–Trinajstić information content (AvgIpc) is 2.91. The van der Waals surface area contributed by atoms with Crippen molar-refractivity contribution in [3.63, 3.8) is 0 Å². The summed E-state index contributed by atoms with van der Waals surface area (Å²) in [6.45, 7) is 0.144. The Morgan fingerprint density at radius 1 is 1.64 bits per heavy atom. The van der Waals surface area contributed by atoms with Crippen LogP contribution in [0, 0.1) is 0 Å². The molecule has 1 aliphatic carbocycles. The third-order valence-electron chi connectivity index (χ3n) is 2.40. The number of aliphatic hydroxyl groups excluding tert-OH is 1. The second kappa shape index (κ2) is 3.40. The lowest BCUT2D eigenvalue weighted by Gasteiger charge is -2.16. The summed E-state index contributed by atoms with van der Waals surface area (Å²) in [6.07, 6.45) is 3.57. The monoisotopic (exact) mass is 257 g/mol. The van der Waals surface area contributed by atoms with Crippen LogP contribution in [0.5, 0.6) is 0 Å². The Kier molecular flexibility index (Phi) is 2.36. The molecule has 0 unspecified atom stereocenters. The zero-order chi connectivity index (χ0) is 10.2. The van der Waals surface area contributed by atoms with Crippen LogP contribution in [0.15, 0.2) is 16.7 Å². The number of nitrogens with one attached hydrogen (secondary N) is 1. The van der Waals surface area contributed by atoms with Gasteiger partial charge in [0.05, 0.1) is 28.5 Å². The molecular weight excluding hydrogens is 246 g/mol. The van der Waals surface area contributed by atoms with E-state index in [1.807, 2.05) is 0 Å². The van der Waals surface area contributed by atoms with Crippen molar-refractivity contribution in [2.75, 3.05) is 17.7 Å². The number of nitrogens with two attached hydrogens (primary N) is 1. The van der Waals surface area contributed by atoms with Gasteiger partial charge in [-0.25, -0.2) is 4.98 Å². The lowest BCUT2D eigenvalue weighted by atomic mass is 10.3. The van der Waals surface area contributed by atoms with E-state index in [1.54, 1.807) is 12.3 Å². The molecule has 1 saturated carbocycles. The van der Waals surface area contributed by atoms with Crippen LogP contribution in [0.1, 0.15) is 12.8 Å². The third-order valence-corrected chi connectivity index (χ3v) is 3.01. The van der Waals surface area contributed by atoms with Crippen molar-refractivity contribution in [1.82, 2.24) is 4.98 Å². The molecule has 0 aliphatic heterocycles. The van der Waals surface area contributed by atoms with Crippen molar-refractivity contribution >= 4 is 27.4 Å². The predicted molar refractivity (Wildman–Crippen MR) is 59.0 cm³/mol. The minimum atomic E-state index is -0.147. The van der Waals surface area contributed by atoms with E-state index in [0.29, 0.717) is 5.69 Å². The summed E-state index contributed by atoms with van der Waals surface area (Å²) >= 11 is 3.37. The Hall–Kier alpha value is -0.810. The quantitative estimate of drug-likeness (QED) is 0.765. The first-order valence-corrected chi connectivity index (χ1v) is 5.25. The summed E-state index contributed by atoms with van der Waals surface area (Å²) < 4.78 is 0.831. The molecule has 76 valence electrons. The fourth-order valence-electron chi connectivity index (χ4n) is 1.27. The van der Waals surface area contributed by atoms with Crippen LogP contribution in [0.3, 0.4) is 0 Å². The number of nitrogens with zero attached hydrogens (tertiary/aromatic N) is 1. The highest BCUT2D eigenvalue weighted by Gasteiger charge is 2.42. The zero-order valence-electron chi connectivity index (χ0n) is 7.63. The molecule has 1 aliphatic rings. The van der Waals surface area contributed by atoms with Crippen molar-refractivity contribution < 1.29 is 5.11 Å². The van der Waals surface area contributed by atoms with Gasteiger partial charge in [0.1, 0.15) is 5.82 Å². The summed E-state index contributed by atoms with van der Waals surface area (Å²) in [5.41, 5.74) is 6.04. The number of nitrogen functional groups attached to an aromatic ring is 1. The molecule has 1 aromatic rings. The van der Waals surface area contributed by atoms with Gasteiger partial charge in [0.15, 0.2) is 0 Å². The van der Waals surface area contributed by atoms with Gasteiger partial charge in [0.2, 0.25) is 0 Å². The maximum Gasteiger partial charge on any atom is 0.140 e. The van der Waals surface area contributed by atoms with Gasteiger partial charge in [-0.1, -0.05) is 0 Å². The molecule has 4 nitrogen and oxygen atoms in total. The van der Waals surface area contributed by atoms with Crippen LogP contribution >= 0.6 is 15.9 Å². The van der Waals surface area contributed by atoms with Crippen molar-refractivity contribution in [2.24, 2.45) is 0 Å². The molecule has 1 aromatic heterocycles. The van der Waals surface area contributed by atoms with Crippen molar-refractivity contribution in [2.45, 2.75) is 18.4 Å². The Morgan fingerprint density at radius 3 is 2.86 bits per heavy atom. The number of aliphatic hydroxyl groups is 1. The smallest absolute Gasteiger partial charge is 0.140 e. The molecule has 0 atom stereocenters. The van der Waals surface area contributed by atoms with E-state index >= 15 is 0 Å². The Balaban J connectivity index is 2.17. The van der Waals surface area contributed by atoms with E-state index in [2.05, 4.69) is 26.2 Å². The molecule has 5 heteroatoms. The van der Waals surface area contributed by atoms with E-state index in [0.717, 1.165) is 23.1 Å². The van der Waals surface area contributed by atoms with Crippen LogP contribution < -0.4 is 11.1 Å². The Morgan fingerprint density at radius 2 is 2.36 bits per heavy atom. The van der Waals surface area contributed by atoms with E-state index in [-0.39, 0.29) is 12.1 Å². The molecule has 1 fully saturated rings. The first kappa shape index (κ1) is 9.73. The van der Waals surface area contributed by atoms with E-state index < -0.39 is 0 Å². The average molecular weight is 258 g/mol. The van der Waals surface area contributed by atoms with E-state index in [9.17, 15) is 0 Å². The Bertz CT molecular complexity index is 352. The molecule has 0 bridgehead atoms. The number of rotatable bonds is 3. The van der Waals surface area contributed by atoms with Crippen LogP contribution in [0.4, 0.5) is 11.5 Å². The largest absolute Gasteiger partial charge is 0.397 e. The lowest BCUT2D eigenvalue weighted by molar-refractivity contribution is 0.266. The standard InChI is InChI=1S/C9H12BrN3O/c10-7-3-6(11)4-12-8(7)13-9(5-14)1-2-9/h3-4,14H,1-2,5,11H2,(H,12,13). The van der Waals surface area contributed by atoms with Crippen molar-refractivity contribution in [1.29, 1.82) is 0 Å². The molecule has 2 rings (SSSR count).